The molecule has 0 aliphatic carbocycles. The van der Waals surface area contributed by atoms with Crippen LogP contribution in [-0.2, 0) is 0 Å². The van der Waals surface area contributed by atoms with Gasteiger partial charge in [-0.15, -0.1) is 0 Å². The molecule has 0 spiro atoms. The Balaban J connectivity index is 2.38. The van der Waals surface area contributed by atoms with Gasteiger partial charge in [0.25, 0.3) is 0 Å². The van der Waals surface area contributed by atoms with Crippen LogP contribution in [0.5, 0.6) is 0 Å². The van der Waals surface area contributed by atoms with Crippen molar-refractivity contribution >= 4 is 40.7 Å². The molecule has 0 aliphatic heterocycles. The minimum atomic E-state index is -1.23. The number of nitriles is 1. The molecular formula is C13H7Cl2N3O2. The van der Waals surface area contributed by atoms with Crippen LogP contribution < -0.4 is 5.32 Å². The molecule has 2 aromatic rings. The Labute approximate surface area is 124 Å². The number of aromatic nitrogens is 1. The van der Waals surface area contributed by atoms with E-state index in [9.17, 15) is 4.79 Å². The number of carbonyl (C=O) groups is 1. The van der Waals surface area contributed by atoms with Gasteiger partial charge in [0.05, 0.1) is 27.4 Å². The van der Waals surface area contributed by atoms with Gasteiger partial charge in [-0.3, -0.25) is 0 Å². The predicted octanol–water partition coefficient (Wildman–Crippen LogP) is 3.70. The number of nitrogens with one attached hydrogen (secondary N) is 1. The molecule has 0 radical (unpaired) electrons. The summed E-state index contributed by atoms with van der Waals surface area (Å²) >= 11 is 11.7. The Bertz CT molecular complexity index is 726. The lowest BCUT2D eigenvalue weighted by Gasteiger charge is -2.09. The lowest BCUT2D eigenvalue weighted by molar-refractivity contribution is 0.0691. The zero-order chi connectivity index (χ0) is 14.7. The Hall–Kier alpha value is -2.29. The van der Waals surface area contributed by atoms with Crippen LogP contribution >= 0.6 is 23.2 Å². The number of pyridine rings is 1. The number of anilines is 2. The van der Waals surface area contributed by atoms with Crippen LogP contribution in [0.3, 0.4) is 0 Å². The van der Waals surface area contributed by atoms with E-state index in [1.165, 1.54) is 12.1 Å². The molecule has 2 N–H and O–H groups in total. The van der Waals surface area contributed by atoms with Gasteiger partial charge in [0.1, 0.15) is 5.82 Å². The number of aromatic carboxylic acids is 1. The van der Waals surface area contributed by atoms with Gasteiger partial charge in [-0.2, -0.15) is 5.26 Å². The molecule has 1 aromatic heterocycles. The first-order valence-corrected chi connectivity index (χ1v) is 6.13. The first-order chi connectivity index (χ1) is 9.51. The lowest BCUT2D eigenvalue weighted by Crippen LogP contribution is -2.04. The van der Waals surface area contributed by atoms with E-state index < -0.39 is 5.97 Å². The third-order valence-electron chi connectivity index (χ3n) is 2.41. The molecule has 1 aromatic carbocycles. The molecule has 2 rings (SSSR count). The van der Waals surface area contributed by atoms with E-state index in [2.05, 4.69) is 10.3 Å². The fourth-order valence-electron chi connectivity index (χ4n) is 1.49. The Morgan fingerprint density at radius 1 is 1.25 bits per heavy atom. The summed E-state index contributed by atoms with van der Waals surface area (Å²) in [5.74, 6) is -0.959. The van der Waals surface area contributed by atoms with Crippen LogP contribution in [0, 0.1) is 11.3 Å². The van der Waals surface area contributed by atoms with Gasteiger partial charge in [0.15, 0.2) is 5.69 Å². The second kappa shape index (κ2) is 5.78. The van der Waals surface area contributed by atoms with E-state index in [0.29, 0.717) is 16.3 Å². The first-order valence-electron chi connectivity index (χ1n) is 5.38. The number of benzene rings is 1. The van der Waals surface area contributed by atoms with Gasteiger partial charge in [0.2, 0.25) is 0 Å². The van der Waals surface area contributed by atoms with Gasteiger partial charge >= 0.3 is 5.97 Å². The van der Waals surface area contributed by atoms with Crippen LogP contribution in [0.1, 0.15) is 16.1 Å². The largest absolute Gasteiger partial charge is 0.476 e. The van der Waals surface area contributed by atoms with E-state index in [-0.39, 0.29) is 16.5 Å². The first kappa shape index (κ1) is 14.1. The summed E-state index contributed by atoms with van der Waals surface area (Å²) in [7, 11) is 0. The average Bonchev–Trinajstić information content (AvgIpc) is 2.43. The van der Waals surface area contributed by atoms with Crippen LogP contribution in [0.2, 0.25) is 10.0 Å². The van der Waals surface area contributed by atoms with E-state index >= 15 is 0 Å². The Morgan fingerprint density at radius 2 is 1.95 bits per heavy atom. The van der Waals surface area contributed by atoms with Crippen molar-refractivity contribution in [1.29, 1.82) is 5.26 Å². The average molecular weight is 308 g/mol. The third-order valence-corrected chi connectivity index (χ3v) is 3.04. The van der Waals surface area contributed by atoms with Crippen LogP contribution in [0.15, 0.2) is 30.3 Å². The summed E-state index contributed by atoms with van der Waals surface area (Å²) in [6, 6.07) is 9.60. The van der Waals surface area contributed by atoms with Gasteiger partial charge in [-0.25, -0.2) is 9.78 Å². The Kier molecular flexibility index (Phi) is 4.08. The van der Waals surface area contributed by atoms with E-state index in [4.69, 9.17) is 33.6 Å². The summed E-state index contributed by atoms with van der Waals surface area (Å²) in [5, 5.41) is 21.1. The van der Waals surface area contributed by atoms with Crippen molar-refractivity contribution in [2.24, 2.45) is 0 Å². The molecule has 0 saturated carbocycles. The number of nitrogens with zero attached hydrogens (tertiary/aromatic N) is 2. The SMILES string of the molecule is N#Cc1ccc(Cl)c(Nc2ccc(Cl)c(C(=O)O)n2)c1. The summed E-state index contributed by atoms with van der Waals surface area (Å²) < 4.78 is 0. The molecule has 0 fully saturated rings. The van der Waals surface area contributed by atoms with Crippen LogP contribution in [-0.4, -0.2) is 16.1 Å². The van der Waals surface area contributed by atoms with E-state index in [1.807, 2.05) is 6.07 Å². The van der Waals surface area contributed by atoms with E-state index in [1.54, 1.807) is 18.2 Å². The van der Waals surface area contributed by atoms with Crippen molar-refractivity contribution in [3.63, 3.8) is 0 Å². The molecule has 0 bridgehead atoms. The smallest absolute Gasteiger partial charge is 0.356 e. The molecule has 7 heteroatoms. The number of carboxylic acids is 1. The zero-order valence-corrected chi connectivity index (χ0v) is 11.4. The fraction of sp³-hybridized carbons (Fsp3) is 0. The molecule has 0 saturated heterocycles. The summed E-state index contributed by atoms with van der Waals surface area (Å²) in [4.78, 5) is 14.8. The maximum absolute atomic E-state index is 10.9. The Morgan fingerprint density at radius 3 is 2.60 bits per heavy atom. The van der Waals surface area contributed by atoms with Gasteiger partial charge < -0.3 is 10.4 Å². The third kappa shape index (κ3) is 2.99. The number of hydrogen-bond donors (Lipinski definition) is 2. The minimum absolute atomic E-state index is 0.0416. The maximum atomic E-state index is 10.9. The van der Waals surface area contributed by atoms with Crippen molar-refractivity contribution in [3.8, 4) is 6.07 Å². The molecule has 0 amide bonds. The van der Waals surface area contributed by atoms with Gasteiger partial charge in [-0.1, -0.05) is 23.2 Å². The molecule has 0 aliphatic rings. The monoisotopic (exact) mass is 307 g/mol. The quantitative estimate of drug-likeness (QED) is 0.903. The normalized spacial score (nSPS) is 9.85. The van der Waals surface area contributed by atoms with Crippen LogP contribution in [0.4, 0.5) is 11.5 Å². The summed E-state index contributed by atoms with van der Waals surface area (Å²) in [6.45, 7) is 0. The van der Waals surface area contributed by atoms with Crippen molar-refractivity contribution in [3.05, 3.63) is 51.6 Å². The van der Waals surface area contributed by atoms with E-state index in [0.717, 1.165) is 0 Å². The van der Waals surface area contributed by atoms with Crippen molar-refractivity contribution in [1.82, 2.24) is 4.98 Å². The second-order valence-electron chi connectivity index (χ2n) is 3.76. The molecule has 5 nitrogen and oxygen atoms in total. The lowest BCUT2D eigenvalue weighted by atomic mass is 10.2. The number of halogens is 2. The molecule has 0 unspecified atom stereocenters. The predicted molar refractivity (Wildman–Crippen MR) is 75.7 cm³/mol. The molecule has 20 heavy (non-hydrogen) atoms. The summed E-state index contributed by atoms with van der Waals surface area (Å²) in [5.41, 5.74) is 0.616. The highest BCUT2D eigenvalue weighted by Gasteiger charge is 2.12. The highest BCUT2D eigenvalue weighted by molar-refractivity contribution is 6.33. The van der Waals surface area contributed by atoms with Crippen molar-refractivity contribution in [2.45, 2.75) is 0 Å². The summed E-state index contributed by atoms with van der Waals surface area (Å²) in [6.07, 6.45) is 0. The maximum Gasteiger partial charge on any atom is 0.356 e. The van der Waals surface area contributed by atoms with Gasteiger partial charge in [-0.05, 0) is 30.3 Å². The number of carboxylic acid groups (broad SMARTS) is 1. The molecular weight excluding hydrogens is 301 g/mol. The van der Waals surface area contributed by atoms with Gasteiger partial charge in [0, 0.05) is 0 Å². The molecule has 1 heterocycles. The second-order valence-corrected chi connectivity index (χ2v) is 4.58. The highest BCUT2D eigenvalue weighted by atomic mass is 35.5. The fourth-order valence-corrected chi connectivity index (χ4v) is 1.84. The standard InChI is InChI=1S/C13H7Cl2N3O2/c14-8-2-1-7(6-16)5-10(8)17-11-4-3-9(15)12(18-11)13(19)20/h1-5H,(H,17,18)(H,19,20). The number of hydrogen-bond acceptors (Lipinski definition) is 4. The molecule has 100 valence electrons. The minimum Gasteiger partial charge on any atom is -0.476 e. The molecule has 0 atom stereocenters. The van der Waals surface area contributed by atoms with Crippen molar-refractivity contribution < 1.29 is 9.90 Å². The highest BCUT2D eigenvalue weighted by Crippen LogP contribution is 2.26. The van der Waals surface area contributed by atoms with Crippen LogP contribution in [0.25, 0.3) is 0 Å². The topological polar surface area (TPSA) is 86.0 Å². The zero-order valence-electron chi connectivity index (χ0n) is 9.89. The van der Waals surface area contributed by atoms with Crippen molar-refractivity contribution in [2.75, 3.05) is 5.32 Å². The number of rotatable bonds is 3.